The number of nitrogens with zero attached hydrogens (tertiary/aromatic N) is 1. The molecule has 1 aliphatic heterocycles. The number of ether oxygens (including phenoxy) is 1. The predicted molar refractivity (Wildman–Crippen MR) is 64.2 cm³/mol. The first-order valence-corrected chi connectivity index (χ1v) is 6.36. The molecule has 15 heavy (non-hydrogen) atoms. The molecule has 3 heteroatoms. The highest BCUT2D eigenvalue weighted by Gasteiger charge is 2.09. The maximum absolute atomic E-state index is 5.32. The summed E-state index contributed by atoms with van der Waals surface area (Å²) in [4.78, 5) is 2.52. The van der Waals surface area contributed by atoms with E-state index in [9.17, 15) is 0 Å². The van der Waals surface area contributed by atoms with Crippen LogP contribution in [0.25, 0.3) is 0 Å². The average Bonchev–Trinajstić information content (AvgIpc) is 2.26. The molecule has 0 saturated carbocycles. The average molecular weight is 214 g/mol. The lowest BCUT2D eigenvalue weighted by Crippen LogP contribution is -2.36. The van der Waals surface area contributed by atoms with Crippen LogP contribution in [0.5, 0.6) is 0 Å². The van der Waals surface area contributed by atoms with Crippen molar-refractivity contribution in [3.63, 3.8) is 0 Å². The number of morpholine rings is 1. The Balaban J connectivity index is 1.91. The molecular formula is C12H26N2O. The molecule has 1 unspecified atom stereocenters. The number of nitrogens with one attached hydrogen (secondary N) is 1. The van der Waals surface area contributed by atoms with Crippen LogP contribution in [0.1, 0.15) is 33.1 Å². The molecule has 0 aromatic heterocycles. The van der Waals surface area contributed by atoms with Crippen molar-refractivity contribution in [2.24, 2.45) is 0 Å². The summed E-state index contributed by atoms with van der Waals surface area (Å²) >= 11 is 0. The third-order valence-corrected chi connectivity index (χ3v) is 3.02. The standard InChI is InChI=1S/C12H26N2O/c1-3-13-12(2)6-4-5-7-14-8-10-15-11-9-14/h12-13H,3-11H2,1-2H3. The van der Waals surface area contributed by atoms with Crippen molar-refractivity contribution in [3.05, 3.63) is 0 Å². The van der Waals surface area contributed by atoms with E-state index in [1.165, 1.54) is 25.8 Å². The fourth-order valence-electron chi connectivity index (χ4n) is 2.06. The van der Waals surface area contributed by atoms with Gasteiger partial charge in [0, 0.05) is 19.1 Å². The van der Waals surface area contributed by atoms with Crippen LogP contribution in [0.15, 0.2) is 0 Å². The monoisotopic (exact) mass is 214 g/mol. The van der Waals surface area contributed by atoms with Crippen LogP contribution in [0.3, 0.4) is 0 Å². The lowest BCUT2D eigenvalue weighted by Gasteiger charge is -2.26. The Bertz CT molecular complexity index is 147. The van der Waals surface area contributed by atoms with Crippen LogP contribution in [-0.2, 0) is 4.74 Å². The second-order valence-electron chi connectivity index (χ2n) is 4.41. The Morgan fingerprint density at radius 1 is 1.27 bits per heavy atom. The molecule has 0 bridgehead atoms. The molecule has 0 spiro atoms. The molecule has 0 aromatic carbocycles. The van der Waals surface area contributed by atoms with Crippen LogP contribution in [0.4, 0.5) is 0 Å². The molecule has 0 amide bonds. The predicted octanol–water partition coefficient (Wildman–Crippen LogP) is 1.49. The van der Waals surface area contributed by atoms with Crippen molar-refractivity contribution in [1.82, 2.24) is 10.2 Å². The number of unbranched alkanes of at least 4 members (excludes halogenated alkanes) is 1. The molecule has 1 aliphatic rings. The molecular weight excluding hydrogens is 188 g/mol. The first-order chi connectivity index (χ1) is 7.33. The van der Waals surface area contributed by atoms with Gasteiger partial charge in [0.05, 0.1) is 13.2 Å². The fourth-order valence-corrected chi connectivity index (χ4v) is 2.06. The number of hydrogen-bond donors (Lipinski definition) is 1. The van der Waals surface area contributed by atoms with Crippen molar-refractivity contribution in [2.45, 2.75) is 39.2 Å². The van der Waals surface area contributed by atoms with Crippen LogP contribution < -0.4 is 5.32 Å². The van der Waals surface area contributed by atoms with E-state index in [4.69, 9.17) is 4.74 Å². The van der Waals surface area contributed by atoms with E-state index in [0.29, 0.717) is 6.04 Å². The number of hydrogen-bond acceptors (Lipinski definition) is 3. The largest absolute Gasteiger partial charge is 0.379 e. The van der Waals surface area contributed by atoms with Crippen molar-refractivity contribution in [1.29, 1.82) is 0 Å². The highest BCUT2D eigenvalue weighted by molar-refractivity contribution is 4.64. The fraction of sp³-hybridized carbons (Fsp3) is 1.00. The summed E-state index contributed by atoms with van der Waals surface area (Å²) in [5.74, 6) is 0. The van der Waals surface area contributed by atoms with E-state index < -0.39 is 0 Å². The van der Waals surface area contributed by atoms with Crippen LogP contribution in [0, 0.1) is 0 Å². The van der Waals surface area contributed by atoms with Gasteiger partial charge in [-0.05, 0) is 32.9 Å². The maximum Gasteiger partial charge on any atom is 0.0594 e. The van der Waals surface area contributed by atoms with Gasteiger partial charge in [-0.25, -0.2) is 0 Å². The van der Waals surface area contributed by atoms with E-state index in [1.807, 2.05) is 0 Å². The molecule has 1 saturated heterocycles. The van der Waals surface area contributed by atoms with Gasteiger partial charge in [0.1, 0.15) is 0 Å². The zero-order valence-electron chi connectivity index (χ0n) is 10.3. The third-order valence-electron chi connectivity index (χ3n) is 3.02. The Morgan fingerprint density at radius 2 is 2.00 bits per heavy atom. The Morgan fingerprint density at radius 3 is 2.67 bits per heavy atom. The normalized spacial score (nSPS) is 20.4. The van der Waals surface area contributed by atoms with E-state index in [1.54, 1.807) is 0 Å². The molecule has 3 nitrogen and oxygen atoms in total. The summed E-state index contributed by atoms with van der Waals surface area (Å²) in [6, 6.07) is 0.680. The van der Waals surface area contributed by atoms with Gasteiger partial charge in [0.2, 0.25) is 0 Å². The molecule has 90 valence electrons. The summed E-state index contributed by atoms with van der Waals surface area (Å²) in [5, 5.41) is 3.45. The van der Waals surface area contributed by atoms with E-state index in [-0.39, 0.29) is 0 Å². The molecule has 0 aliphatic carbocycles. The summed E-state index contributed by atoms with van der Waals surface area (Å²) in [6.45, 7) is 10.9. The quantitative estimate of drug-likeness (QED) is 0.650. The Labute approximate surface area is 94.2 Å². The van der Waals surface area contributed by atoms with E-state index >= 15 is 0 Å². The minimum atomic E-state index is 0.680. The molecule has 1 rings (SSSR count). The SMILES string of the molecule is CCNC(C)CCCCN1CCOCC1. The number of rotatable bonds is 7. The lowest BCUT2D eigenvalue weighted by molar-refractivity contribution is 0.0371. The molecule has 1 heterocycles. The second-order valence-corrected chi connectivity index (χ2v) is 4.41. The Hall–Kier alpha value is -0.120. The molecule has 1 atom stereocenters. The van der Waals surface area contributed by atoms with Crippen LogP contribution in [-0.4, -0.2) is 50.3 Å². The minimum Gasteiger partial charge on any atom is -0.379 e. The van der Waals surface area contributed by atoms with Gasteiger partial charge in [-0.15, -0.1) is 0 Å². The van der Waals surface area contributed by atoms with Gasteiger partial charge in [-0.2, -0.15) is 0 Å². The molecule has 1 fully saturated rings. The Kier molecular flexibility index (Phi) is 6.98. The molecule has 1 N–H and O–H groups in total. The highest BCUT2D eigenvalue weighted by Crippen LogP contribution is 2.04. The minimum absolute atomic E-state index is 0.680. The van der Waals surface area contributed by atoms with Gasteiger partial charge >= 0.3 is 0 Å². The third kappa shape index (κ3) is 6.13. The first kappa shape index (κ1) is 12.9. The summed E-state index contributed by atoms with van der Waals surface area (Å²) in [5.41, 5.74) is 0. The molecule has 0 radical (unpaired) electrons. The van der Waals surface area contributed by atoms with E-state index in [0.717, 1.165) is 32.8 Å². The lowest BCUT2D eigenvalue weighted by atomic mass is 10.1. The van der Waals surface area contributed by atoms with Gasteiger partial charge in [-0.3, -0.25) is 4.90 Å². The van der Waals surface area contributed by atoms with Gasteiger partial charge < -0.3 is 10.1 Å². The summed E-state index contributed by atoms with van der Waals surface area (Å²) < 4.78 is 5.32. The van der Waals surface area contributed by atoms with Gasteiger partial charge in [0.25, 0.3) is 0 Å². The zero-order valence-corrected chi connectivity index (χ0v) is 10.3. The summed E-state index contributed by atoms with van der Waals surface area (Å²) in [7, 11) is 0. The molecule has 0 aromatic rings. The van der Waals surface area contributed by atoms with Gasteiger partial charge in [-0.1, -0.05) is 13.3 Å². The topological polar surface area (TPSA) is 24.5 Å². The summed E-state index contributed by atoms with van der Waals surface area (Å²) in [6.07, 6.45) is 3.97. The van der Waals surface area contributed by atoms with Crippen molar-refractivity contribution >= 4 is 0 Å². The first-order valence-electron chi connectivity index (χ1n) is 6.36. The van der Waals surface area contributed by atoms with Crippen LogP contribution in [0.2, 0.25) is 0 Å². The van der Waals surface area contributed by atoms with Gasteiger partial charge in [0.15, 0.2) is 0 Å². The van der Waals surface area contributed by atoms with Crippen molar-refractivity contribution in [3.8, 4) is 0 Å². The highest BCUT2D eigenvalue weighted by atomic mass is 16.5. The second kappa shape index (κ2) is 8.08. The van der Waals surface area contributed by atoms with Crippen molar-refractivity contribution < 1.29 is 4.74 Å². The zero-order chi connectivity index (χ0) is 10.9. The van der Waals surface area contributed by atoms with E-state index in [2.05, 4.69) is 24.1 Å². The van der Waals surface area contributed by atoms with Crippen LogP contribution >= 0.6 is 0 Å². The maximum atomic E-state index is 5.32. The van der Waals surface area contributed by atoms with Crippen molar-refractivity contribution in [2.75, 3.05) is 39.4 Å². The smallest absolute Gasteiger partial charge is 0.0594 e.